The van der Waals surface area contributed by atoms with Crippen molar-refractivity contribution in [3.05, 3.63) is 17.0 Å². The van der Waals surface area contributed by atoms with Crippen LogP contribution in [0.5, 0.6) is 0 Å². The summed E-state index contributed by atoms with van der Waals surface area (Å²) in [5.41, 5.74) is 3.64. The summed E-state index contributed by atoms with van der Waals surface area (Å²) in [6.07, 6.45) is 0.794. The number of nitrogens with one attached hydrogen (secondary N) is 1. The first-order valence-electron chi connectivity index (χ1n) is 7.33. The van der Waals surface area contributed by atoms with Crippen LogP contribution in [0.25, 0.3) is 0 Å². The maximum Gasteiger partial charge on any atom is 0.0644 e. The third-order valence-electron chi connectivity index (χ3n) is 3.88. The highest BCUT2D eigenvalue weighted by atomic mass is 16.3. The van der Waals surface area contributed by atoms with Crippen molar-refractivity contribution >= 4 is 0 Å². The average molecular weight is 267 g/mol. The van der Waals surface area contributed by atoms with Crippen molar-refractivity contribution in [2.24, 2.45) is 5.92 Å². The van der Waals surface area contributed by atoms with Gasteiger partial charge in [0.15, 0.2) is 0 Å². The molecular weight excluding hydrogens is 238 g/mol. The van der Waals surface area contributed by atoms with E-state index in [-0.39, 0.29) is 12.6 Å². The summed E-state index contributed by atoms with van der Waals surface area (Å²) >= 11 is 0. The van der Waals surface area contributed by atoms with Crippen LogP contribution in [0, 0.1) is 19.8 Å². The van der Waals surface area contributed by atoms with Crippen LogP contribution in [0.2, 0.25) is 0 Å². The fraction of sp³-hybridized carbons (Fsp3) is 0.800. The van der Waals surface area contributed by atoms with Gasteiger partial charge in [-0.1, -0.05) is 13.8 Å². The van der Waals surface area contributed by atoms with E-state index in [2.05, 4.69) is 56.6 Å². The van der Waals surface area contributed by atoms with Crippen LogP contribution in [0.3, 0.4) is 0 Å². The molecule has 4 nitrogen and oxygen atoms in total. The lowest BCUT2D eigenvalue weighted by Crippen LogP contribution is -2.36. The highest BCUT2D eigenvalue weighted by Gasteiger charge is 2.21. The fourth-order valence-corrected chi connectivity index (χ4v) is 2.80. The molecule has 1 heterocycles. The standard InChI is InChI=1S/C15H29N3O/c1-7-18-13(6)15(12(5)17-18)11(4)16-14(8-9-19)10(2)3/h10-11,14,16,19H,7-9H2,1-6H3. The predicted octanol–water partition coefficient (Wildman–Crippen LogP) is 2.58. The highest BCUT2D eigenvalue weighted by Crippen LogP contribution is 2.23. The van der Waals surface area contributed by atoms with Gasteiger partial charge in [-0.25, -0.2) is 0 Å². The van der Waals surface area contributed by atoms with Crippen molar-refractivity contribution in [3.8, 4) is 0 Å². The predicted molar refractivity (Wildman–Crippen MR) is 79.3 cm³/mol. The van der Waals surface area contributed by atoms with E-state index >= 15 is 0 Å². The topological polar surface area (TPSA) is 50.1 Å². The Balaban J connectivity index is 2.87. The summed E-state index contributed by atoms with van der Waals surface area (Å²) in [7, 11) is 0. The van der Waals surface area contributed by atoms with Gasteiger partial charge in [0, 0.05) is 36.5 Å². The molecule has 1 aromatic heterocycles. The molecule has 0 saturated carbocycles. The van der Waals surface area contributed by atoms with Crippen molar-refractivity contribution in [2.45, 2.75) is 66.6 Å². The van der Waals surface area contributed by atoms with Crippen LogP contribution in [0.15, 0.2) is 0 Å². The molecule has 0 bridgehead atoms. The molecule has 2 N–H and O–H groups in total. The molecule has 0 aliphatic carbocycles. The molecule has 0 radical (unpaired) electrons. The van der Waals surface area contributed by atoms with Crippen LogP contribution >= 0.6 is 0 Å². The van der Waals surface area contributed by atoms with E-state index in [9.17, 15) is 0 Å². The minimum Gasteiger partial charge on any atom is -0.396 e. The molecule has 0 aromatic carbocycles. The molecule has 1 rings (SSSR count). The molecule has 4 heteroatoms. The van der Waals surface area contributed by atoms with E-state index in [1.54, 1.807) is 0 Å². The SMILES string of the molecule is CCn1nc(C)c(C(C)NC(CCO)C(C)C)c1C. The third kappa shape index (κ3) is 3.80. The van der Waals surface area contributed by atoms with Crippen LogP contribution < -0.4 is 5.32 Å². The van der Waals surface area contributed by atoms with Gasteiger partial charge in [-0.15, -0.1) is 0 Å². The van der Waals surface area contributed by atoms with Crippen LogP contribution in [0.4, 0.5) is 0 Å². The van der Waals surface area contributed by atoms with E-state index in [4.69, 9.17) is 5.11 Å². The molecule has 2 unspecified atom stereocenters. The molecule has 19 heavy (non-hydrogen) atoms. The van der Waals surface area contributed by atoms with Crippen molar-refractivity contribution in [3.63, 3.8) is 0 Å². The van der Waals surface area contributed by atoms with E-state index in [1.165, 1.54) is 11.3 Å². The number of hydrogen-bond donors (Lipinski definition) is 2. The van der Waals surface area contributed by atoms with Crippen molar-refractivity contribution in [2.75, 3.05) is 6.61 Å². The molecule has 0 amide bonds. The lowest BCUT2D eigenvalue weighted by atomic mass is 9.98. The van der Waals surface area contributed by atoms with Crippen molar-refractivity contribution in [1.29, 1.82) is 0 Å². The Hall–Kier alpha value is -0.870. The number of rotatable bonds is 7. The van der Waals surface area contributed by atoms with E-state index < -0.39 is 0 Å². The van der Waals surface area contributed by atoms with Gasteiger partial charge >= 0.3 is 0 Å². The fourth-order valence-electron chi connectivity index (χ4n) is 2.80. The summed E-state index contributed by atoms with van der Waals surface area (Å²) in [5, 5.41) is 17.4. The minimum absolute atomic E-state index is 0.231. The normalized spacial score (nSPS) is 14.9. The van der Waals surface area contributed by atoms with E-state index in [0.717, 1.165) is 18.7 Å². The second-order valence-electron chi connectivity index (χ2n) is 5.65. The number of aromatic nitrogens is 2. The van der Waals surface area contributed by atoms with E-state index in [1.807, 2.05) is 0 Å². The zero-order valence-electron chi connectivity index (χ0n) is 13.2. The van der Waals surface area contributed by atoms with Crippen LogP contribution in [-0.4, -0.2) is 27.5 Å². The van der Waals surface area contributed by atoms with Gasteiger partial charge in [0.2, 0.25) is 0 Å². The first kappa shape index (κ1) is 16.2. The summed E-state index contributed by atoms with van der Waals surface area (Å²) in [4.78, 5) is 0. The maximum atomic E-state index is 9.16. The van der Waals surface area contributed by atoms with E-state index in [0.29, 0.717) is 12.0 Å². The molecule has 0 spiro atoms. The number of hydrogen-bond acceptors (Lipinski definition) is 3. The third-order valence-corrected chi connectivity index (χ3v) is 3.88. The lowest BCUT2D eigenvalue weighted by Gasteiger charge is -2.26. The quantitative estimate of drug-likeness (QED) is 0.798. The Morgan fingerprint density at radius 2 is 1.89 bits per heavy atom. The largest absolute Gasteiger partial charge is 0.396 e. The van der Waals surface area contributed by atoms with Crippen molar-refractivity contribution in [1.82, 2.24) is 15.1 Å². The first-order valence-corrected chi connectivity index (χ1v) is 7.33. The summed E-state index contributed by atoms with van der Waals surface area (Å²) in [6, 6.07) is 0.600. The molecule has 110 valence electrons. The number of aryl methyl sites for hydroxylation is 2. The van der Waals surface area contributed by atoms with Crippen LogP contribution in [0.1, 0.15) is 57.1 Å². The molecule has 1 aromatic rings. The number of aliphatic hydroxyl groups excluding tert-OH is 1. The first-order chi connectivity index (χ1) is 8.92. The van der Waals surface area contributed by atoms with Gasteiger partial charge in [-0.05, 0) is 40.0 Å². The minimum atomic E-state index is 0.231. The molecule has 0 aliphatic rings. The zero-order chi connectivity index (χ0) is 14.6. The Morgan fingerprint density at radius 3 is 2.32 bits per heavy atom. The second kappa shape index (κ2) is 7.06. The van der Waals surface area contributed by atoms with Gasteiger partial charge in [0.05, 0.1) is 5.69 Å². The lowest BCUT2D eigenvalue weighted by molar-refractivity contribution is 0.237. The monoisotopic (exact) mass is 267 g/mol. The molecule has 2 atom stereocenters. The van der Waals surface area contributed by atoms with Gasteiger partial charge in [-0.2, -0.15) is 5.10 Å². The van der Waals surface area contributed by atoms with Gasteiger partial charge < -0.3 is 10.4 Å². The maximum absolute atomic E-state index is 9.16. The average Bonchev–Trinajstić information content (AvgIpc) is 2.63. The highest BCUT2D eigenvalue weighted by molar-refractivity contribution is 5.27. The molecule has 0 aliphatic heterocycles. The van der Waals surface area contributed by atoms with Gasteiger partial charge in [0.1, 0.15) is 0 Å². The van der Waals surface area contributed by atoms with Crippen molar-refractivity contribution < 1.29 is 5.11 Å². The molecular formula is C15H29N3O. The Bertz CT molecular complexity index is 398. The summed E-state index contributed by atoms with van der Waals surface area (Å²) in [5.74, 6) is 0.511. The number of aliphatic hydroxyl groups is 1. The molecule has 0 fully saturated rings. The summed E-state index contributed by atoms with van der Waals surface area (Å²) in [6.45, 7) is 14.0. The Kier molecular flexibility index (Phi) is 6.01. The Labute approximate surface area is 117 Å². The molecule has 0 saturated heterocycles. The number of nitrogens with zero attached hydrogens (tertiary/aromatic N) is 2. The van der Waals surface area contributed by atoms with Gasteiger partial charge in [0.25, 0.3) is 0 Å². The Morgan fingerprint density at radius 1 is 1.26 bits per heavy atom. The summed E-state index contributed by atoms with van der Waals surface area (Å²) < 4.78 is 2.05. The zero-order valence-corrected chi connectivity index (χ0v) is 13.2. The van der Waals surface area contributed by atoms with Gasteiger partial charge in [-0.3, -0.25) is 4.68 Å². The second-order valence-corrected chi connectivity index (χ2v) is 5.65. The van der Waals surface area contributed by atoms with Crippen LogP contribution in [-0.2, 0) is 6.54 Å². The smallest absolute Gasteiger partial charge is 0.0644 e.